The summed E-state index contributed by atoms with van der Waals surface area (Å²) in [5, 5.41) is 5.60. The first-order chi connectivity index (χ1) is 6.84. The molecule has 1 aromatic heterocycles. The Kier molecular flexibility index (Phi) is 3.21. The summed E-state index contributed by atoms with van der Waals surface area (Å²) in [6.45, 7) is 2.11. The monoisotopic (exact) mass is 259 g/mol. The normalized spacial score (nSPS) is 14.7. The van der Waals surface area contributed by atoms with Crippen molar-refractivity contribution in [3.63, 3.8) is 0 Å². The van der Waals surface area contributed by atoms with Crippen LogP contribution in [0.2, 0.25) is 5.02 Å². The van der Waals surface area contributed by atoms with Crippen molar-refractivity contribution in [3.8, 4) is 0 Å². The van der Waals surface area contributed by atoms with Crippen molar-refractivity contribution in [1.29, 1.82) is 0 Å². The smallest absolute Gasteiger partial charge is 0.0413 e. The predicted octanol–water partition coefficient (Wildman–Crippen LogP) is 3.62. The molecule has 1 aromatic carbocycles. The molecule has 15 heavy (non-hydrogen) atoms. The summed E-state index contributed by atoms with van der Waals surface area (Å²) in [5.41, 5.74) is 1.51. The third-order valence-electron chi connectivity index (χ3n) is 2.67. The standard InChI is InChI=1S/C11H10ClNS.ClH/c12-7-1-2-10-9(5-7)8-3-4-13-6-11(8)14-10;/h1-2,5,13H,3-4,6H2;1H. The number of rotatable bonds is 0. The van der Waals surface area contributed by atoms with Crippen molar-refractivity contribution in [2.24, 2.45) is 0 Å². The van der Waals surface area contributed by atoms with Gasteiger partial charge in [0, 0.05) is 21.1 Å². The number of hydrogen-bond acceptors (Lipinski definition) is 2. The quantitative estimate of drug-likeness (QED) is 0.762. The van der Waals surface area contributed by atoms with Crippen LogP contribution in [-0.4, -0.2) is 6.54 Å². The average Bonchev–Trinajstić information content (AvgIpc) is 2.56. The van der Waals surface area contributed by atoms with Crippen LogP contribution in [0.4, 0.5) is 0 Å². The fraction of sp³-hybridized carbons (Fsp3) is 0.273. The van der Waals surface area contributed by atoms with Gasteiger partial charge in [0.2, 0.25) is 0 Å². The molecule has 0 radical (unpaired) electrons. The molecule has 2 heterocycles. The van der Waals surface area contributed by atoms with Crippen molar-refractivity contribution >= 4 is 45.4 Å². The Balaban J connectivity index is 0.000000853. The Morgan fingerprint density at radius 2 is 2.20 bits per heavy atom. The van der Waals surface area contributed by atoms with Gasteiger partial charge in [-0.15, -0.1) is 23.7 Å². The van der Waals surface area contributed by atoms with E-state index in [-0.39, 0.29) is 12.4 Å². The van der Waals surface area contributed by atoms with Gasteiger partial charge < -0.3 is 5.32 Å². The second-order valence-electron chi connectivity index (χ2n) is 3.57. The highest BCUT2D eigenvalue weighted by molar-refractivity contribution is 7.19. The summed E-state index contributed by atoms with van der Waals surface area (Å²) in [6.07, 6.45) is 1.13. The zero-order valence-electron chi connectivity index (χ0n) is 8.05. The molecule has 1 nitrogen and oxygen atoms in total. The van der Waals surface area contributed by atoms with Gasteiger partial charge in [0.15, 0.2) is 0 Å². The molecule has 0 unspecified atom stereocenters. The van der Waals surface area contributed by atoms with Crippen molar-refractivity contribution in [2.75, 3.05) is 6.54 Å². The molecule has 0 saturated carbocycles. The molecule has 0 amide bonds. The lowest BCUT2D eigenvalue weighted by molar-refractivity contribution is 0.657. The first kappa shape index (κ1) is 11.2. The molecular formula is C11H11Cl2NS. The summed E-state index contributed by atoms with van der Waals surface area (Å²) in [6, 6.07) is 6.19. The van der Waals surface area contributed by atoms with Crippen LogP contribution in [0, 0.1) is 0 Å². The predicted molar refractivity (Wildman–Crippen MR) is 69.5 cm³/mol. The fourth-order valence-electron chi connectivity index (χ4n) is 2.00. The van der Waals surface area contributed by atoms with E-state index in [1.165, 1.54) is 20.5 Å². The van der Waals surface area contributed by atoms with Crippen molar-refractivity contribution < 1.29 is 0 Å². The van der Waals surface area contributed by atoms with Gasteiger partial charge in [-0.1, -0.05) is 11.6 Å². The summed E-state index contributed by atoms with van der Waals surface area (Å²) in [7, 11) is 0. The van der Waals surface area contributed by atoms with E-state index in [0.29, 0.717) is 0 Å². The van der Waals surface area contributed by atoms with Gasteiger partial charge in [0.25, 0.3) is 0 Å². The number of hydrogen-bond donors (Lipinski definition) is 1. The van der Waals surface area contributed by atoms with E-state index in [2.05, 4.69) is 17.4 Å². The Labute approximate surface area is 104 Å². The van der Waals surface area contributed by atoms with Crippen LogP contribution in [0.1, 0.15) is 10.4 Å². The van der Waals surface area contributed by atoms with E-state index < -0.39 is 0 Å². The molecule has 80 valence electrons. The van der Waals surface area contributed by atoms with Crippen molar-refractivity contribution in [3.05, 3.63) is 33.7 Å². The fourth-order valence-corrected chi connectivity index (χ4v) is 3.38. The van der Waals surface area contributed by atoms with Gasteiger partial charge in [-0.05, 0) is 42.1 Å². The maximum atomic E-state index is 6.01. The van der Waals surface area contributed by atoms with E-state index in [0.717, 1.165) is 24.5 Å². The molecule has 0 spiro atoms. The molecule has 0 bridgehead atoms. The third-order valence-corrected chi connectivity index (χ3v) is 4.12. The third kappa shape index (κ3) is 1.87. The Hall–Kier alpha value is -0.280. The SMILES string of the molecule is Cl.Clc1ccc2sc3c(c2c1)CCNC3. The lowest BCUT2D eigenvalue weighted by Gasteiger charge is -2.12. The Morgan fingerprint density at radius 3 is 3.07 bits per heavy atom. The lowest BCUT2D eigenvalue weighted by Crippen LogP contribution is -2.21. The van der Waals surface area contributed by atoms with E-state index in [1.807, 2.05) is 17.4 Å². The molecule has 4 heteroatoms. The van der Waals surface area contributed by atoms with Gasteiger partial charge in [-0.25, -0.2) is 0 Å². The molecule has 3 rings (SSSR count). The summed E-state index contributed by atoms with van der Waals surface area (Å²) >= 11 is 7.89. The lowest BCUT2D eigenvalue weighted by atomic mass is 10.1. The highest BCUT2D eigenvalue weighted by Crippen LogP contribution is 2.34. The zero-order chi connectivity index (χ0) is 9.54. The Morgan fingerprint density at radius 1 is 1.33 bits per heavy atom. The molecule has 0 aliphatic carbocycles. The van der Waals surface area contributed by atoms with Crippen LogP contribution >= 0.6 is 35.3 Å². The number of fused-ring (bicyclic) bond motifs is 3. The molecule has 0 atom stereocenters. The average molecular weight is 260 g/mol. The van der Waals surface area contributed by atoms with Gasteiger partial charge in [0.1, 0.15) is 0 Å². The summed E-state index contributed by atoms with van der Waals surface area (Å²) in [4.78, 5) is 1.48. The van der Waals surface area contributed by atoms with Crippen LogP contribution in [0.15, 0.2) is 18.2 Å². The van der Waals surface area contributed by atoms with Crippen LogP contribution in [0.5, 0.6) is 0 Å². The second-order valence-corrected chi connectivity index (χ2v) is 5.14. The molecule has 0 fully saturated rings. The number of benzene rings is 1. The van der Waals surface area contributed by atoms with Gasteiger partial charge in [0.05, 0.1) is 0 Å². The van der Waals surface area contributed by atoms with Crippen molar-refractivity contribution in [2.45, 2.75) is 13.0 Å². The maximum Gasteiger partial charge on any atom is 0.0413 e. The minimum atomic E-state index is 0. The molecule has 1 aliphatic heterocycles. The second kappa shape index (κ2) is 4.30. The van der Waals surface area contributed by atoms with Gasteiger partial charge in [-0.3, -0.25) is 0 Å². The highest BCUT2D eigenvalue weighted by atomic mass is 35.5. The first-order valence-corrected chi connectivity index (χ1v) is 5.94. The highest BCUT2D eigenvalue weighted by Gasteiger charge is 2.15. The first-order valence-electron chi connectivity index (χ1n) is 4.75. The molecule has 2 aromatic rings. The number of nitrogens with one attached hydrogen (secondary N) is 1. The van der Waals surface area contributed by atoms with Gasteiger partial charge in [-0.2, -0.15) is 0 Å². The van der Waals surface area contributed by atoms with E-state index in [1.54, 1.807) is 0 Å². The van der Waals surface area contributed by atoms with Crippen LogP contribution in [-0.2, 0) is 13.0 Å². The molecular weight excluding hydrogens is 249 g/mol. The largest absolute Gasteiger partial charge is 0.312 e. The van der Waals surface area contributed by atoms with E-state index >= 15 is 0 Å². The van der Waals surface area contributed by atoms with E-state index in [4.69, 9.17) is 11.6 Å². The van der Waals surface area contributed by atoms with Crippen LogP contribution in [0.25, 0.3) is 10.1 Å². The van der Waals surface area contributed by atoms with Crippen LogP contribution in [0.3, 0.4) is 0 Å². The number of thiophene rings is 1. The minimum absolute atomic E-state index is 0. The van der Waals surface area contributed by atoms with Crippen molar-refractivity contribution in [1.82, 2.24) is 5.32 Å². The topological polar surface area (TPSA) is 12.0 Å². The van der Waals surface area contributed by atoms with E-state index in [9.17, 15) is 0 Å². The number of halogens is 2. The summed E-state index contributed by atoms with van der Waals surface area (Å²) in [5.74, 6) is 0. The minimum Gasteiger partial charge on any atom is -0.312 e. The summed E-state index contributed by atoms with van der Waals surface area (Å²) < 4.78 is 1.36. The zero-order valence-corrected chi connectivity index (χ0v) is 10.4. The Bertz CT molecular complexity index is 493. The molecule has 1 aliphatic rings. The van der Waals surface area contributed by atoms with Crippen LogP contribution < -0.4 is 5.32 Å². The maximum absolute atomic E-state index is 6.01. The van der Waals surface area contributed by atoms with Gasteiger partial charge >= 0.3 is 0 Å². The molecule has 1 N–H and O–H groups in total. The molecule has 0 saturated heterocycles.